The van der Waals surface area contributed by atoms with Crippen LogP contribution in [0.5, 0.6) is 11.5 Å². The quantitative estimate of drug-likeness (QED) is 0.165. The Morgan fingerprint density at radius 3 is 2.42 bits per heavy atom. The van der Waals surface area contributed by atoms with E-state index in [-0.39, 0.29) is 29.2 Å². The second kappa shape index (κ2) is 10.3. The maximum atomic E-state index is 13.5. The summed E-state index contributed by atoms with van der Waals surface area (Å²) in [4.78, 5) is 23.3. The van der Waals surface area contributed by atoms with Crippen molar-refractivity contribution in [3.8, 4) is 11.5 Å². The second-order valence-electron chi connectivity index (χ2n) is 8.64. The third-order valence-electron chi connectivity index (χ3n) is 5.85. The molecule has 4 rings (SSSR count). The molecule has 0 bridgehead atoms. The van der Waals surface area contributed by atoms with Crippen molar-refractivity contribution < 1.29 is 40.8 Å². The normalized spacial score (nSPS) is 13.9. The van der Waals surface area contributed by atoms with Crippen LogP contribution in [0.25, 0.3) is 0 Å². The number of carbonyl (C=O) groups is 1. The Morgan fingerprint density at radius 1 is 1.00 bits per heavy atom. The van der Waals surface area contributed by atoms with E-state index in [1.807, 2.05) is 0 Å². The first-order chi connectivity index (χ1) is 17.8. The third kappa shape index (κ3) is 6.23. The molecule has 0 unspecified atom stereocenters. The lowest BCUT2D eigenvalue weighted by Gasteiger charge is -2.12. The lowest BCUT2D eigenvalue weighted by Crippen LogP contribution is -2.21. The summed E-state index contributed by atoms with van der Waals surface area (Å²) in [6.07, 6.45) is -6.89. The Bertz CT molecular complexity index is 1370. The predicted molar refractivity (Wildman–Crippen MR) is 122 cm³/mol. The maximum absolute atomic E-state index is 13.5. The molecule has 202 valence electrons. The van der Waals surface area contributed by atoms with Crippen LogP contribution < -0.4 is 10.1 Å². The van der Waals surface area contributed by atoms with Crippen molar-refractivity contribution >= 4 is 17.3 Å². The fourth-order valence-electron chi connectivity index (χ4n) is 4.23. The number of nitrogens with zero attached hydrogens (tertiary/aromatic N) is 3. The maximum Gasteiger partial charge on any atom is 0.435 e. The summed E-state index contributed by atoms with van der Waals surface area (Å²) in [5.41, 5.74) is -2.31. The van der Waals surface area contributed by atoms with Crippen LogP contribution >= 0.6 is 0 Å². The number of non-ortho nitro benzene ring substituents is 1. The number of ether oxygens (including phenoxy) is 1. The standard InChI is InChI=1S/C24H20F6N4O4/c25-23(26,27)14-5-4-6-17(9-14)38-18-11-15(10-16(12-18)34(36)37)31-21(35)13-33-20-8-3-1-2-7-19(20)22(32-33)24(28,29)30/h4-6,9-12H,1-3,7-8,13H2,(H,31,35). The highest BCUT2D eigenvalue weighted by molar-refractivity contribution is 5.91. The van der Waals surface area contributed by atoms with Crippen LogP contribution in [-0.2, 0) is 36.5 Å². The fourth-order valence-corrected chi connectivity index (χ4v) is 4.23. The van der Waals surface area contributed by atoms with Gasteiger partial charge in [-0.15, -0.1) is 0 Å². The van der Waals surface area contributed by atoms with Gasteiger partial charge >= 0.3 is 12.4 Å². The molecule has 1 heterocycles. The minimum absolute atomic E-state index is 0.0647. The molecule has 0 saturated carbocycles. The highest BCUT2D eigenvalue weighted by Gasteiger charge is 2.39. The topological polar surface area (TPSA) is 99.3 Å². The average molecular weight is 542 g/mol. The van der Waals surface area contributed by atoms with Gasteiger partial charge in [0.15, 0.2) is 5.69 Å². The van der Waals surface area contributed by atoms with Crippen molar-refractivity contribution in [3.63, 3.8) is 0 Å². The van der Waals surface area contributed by atoms with E-state index in [1.54, 1.807) is 0 Å². The lowest BCUT2D eigenvalue weighted by molar-refractivity contribution is -0.384. The molecule has 1 amide bonds. The Labute approximate surface area is 211 Å². The molecular weight excluding hydrogens is 522 g/mol. The molecule has 2 aromatic carbocycles. The lowest BCUT2D eigenvalue weighted by atomic mass is 10.1. The molecule has 0 saturated heterocycles. The largest absolute Gasteiger partial charge is 0.457 e. The van der Waals surface area contributed by atoms with Gasteiger partial charge in [0.25, 0.3) is 5.69 Å². The van der Waals surface area contributed by atoms with Crippen molar-refractivity contribution in [1.82, 2.24) is 9.78 Å². The fraction of sp³-hybridized carbons (Fsp3) is 0.333. The molecule has 1 aromatic heterocycles. The molecule has 38 heavy (non-hydrogen) atoms. The van der Waals surface area contributed by atoms with Crippen molar-refractivity contribution in [2.24, 2.45) is 0 Å². The molecule has 1 N–H and O–H groups in total. The van der Waals surface area contributed by atoms with E-state index in [0.29, 0.717) is 31.0 Å². The minimum atomic E-state index is -4.69. The van der Waals surface area contributed by atoms with Crippen molar-refractivity contribution in [2.75, 3.05) is 5.32 Å². The Kier molecular flexibility index (Phi) is 7.33. The summed E-state index contributed by atoms with van der Waals surface area (Å²) >= 11 is 0. The average Bonchev–Trinajstić information content (AvgIpc) is 2.98. The van der Waals surface area contributed by atoms with Crippen molar-refractivity contribution in [2.45, 2.75) is 51.0 Å². The zero-order valence-corrected chi connectivity index (χ0v) is 19.5. The number of carbonyl (C=O) groups excluding carboxylic acids is 1. The molecule has 0 fully saturated rings. The molecule has 0 aliphatic heterocycles. The SMILES string of the molecule is O=C(Cn1nc(C(F)(F)F)c2c1CCCCC2)Nc1cc(Oc2cccc(C(F)(F)F)c2)cc([N+](=O)[O-])c1. The number of hydrogen-bond acceptors (Lipinski definition) is 5. The predicted octanol–water partition coefficient (Wildman–Crippen LogP) is 6.53. The molecule has 1 aliphatic rings. The summed E-state index contributed by atoms with van der Waals surface area (Å²) in [5.74, 6) is -1.29. The van der Waals surface area contributed by atoms with E-state index in [2.05, 4.69) is 10.4 Å². The number of amides is 1. The third-order valence-corrected chi connectivity index (χ3v) is 5.85. The van der Waals surface area contributed by atoms with Crippen molar-refractivity contribution in [3.05, 3.63) is 75.1 Å². The zero-order valence-electron chi connectivity index (χ0n) is 19.5. The van der Waals surface area contributed by atoms with Crippen LogP contribution in [0.4, 0.5) is 37.7 Å². The van der Waals surface area contributed by atoms with Crippen LogP contribution in [-0.4, -0.2) is 20.6 Å². The number of nitrogens with one attached hydrogen (secondary N) is 1. The number of hydrogen-bond donors (Lipinski definition) is 1. The first kappa shape index (κ1) is 26.9. The van der Waals surface area contributed by atoms with Gasteiger partial charge in [0.1, 0.15) is 18.0 Å². The number of nitro groups is 1. The molecule has 0 radical (unpaired) electrons. The smallest absolute Gasteiger partial charge is 0.435 e. The van der Waals surface area contributed by atoms with Gasteiger partial charge in [0.05, 0.1) is 22.2 Å². The highest BCUT2D eigenvalue weighted by atomic mass is 19.4. The van der Waals surface area contributed by atoms with Gasteiger partial charge in [-0.05, 0) is 43.9 Å². The van der Waals surface area contributed by atoms with E-state index < -0.39 is 46.7 Å². The zero-order chi connectivity index (χ0) is 27.7. The Morgan fingerprint density at radius 2 is 1.74 bits per heavy atom. The van der Waals surface area contributed by atoms with Crippen LogP contribution in [0.15, 0.2) is 42.5 Å². The van der Waals surface area contributed by atoms with Gasteiger partial charge < -0.3 is 10.1 Å². The van der Waals surface area contributed by atoms with E-state index in [1.165, 1.54) is 6.07 Å². The van der Waals surface area contributed by atoms with E-state index >= 15 is 0 Å². The second-order valence-corrected chi connectivity index (χ2v) is 8.64. The number of rotatable bonds is 6. The minimum Gasteiger partial charge on any atom is -0.457 e. The number of nitro benzene ring substituents is 1. The van der Waals surface area contributed by atoms with E-state index in [4.69, 9.17) is 4.74 Å². The van der Waals surface area contributed by atoms with Crippen molar-refractivity contribution in [1.29, 1.82) is 0 Å². The summed E-state index contributed by atoms with van der Waals surface area (Å²) in [6, 6.07) is 6.94. The van der Waals surface area contributed by atoms with Gasteiger partial charge in [-0.25, -0.2) is 0 Å². The Hall–Kier alpha value is -4.10. The first-order valence-electron chi connectivity index (χ1n) is 11.4. The number of aromatic nitrogens is 2. The molecule has 14 heteroatoms. The number of alkyl halides is 6. The molecule has 0 spiro atoms. The summed E-state index contributed by atoms with van der Waals surface area (Å²) in [6.45, 7) is -0.578. The molecule has 1 aliphatic carbocycles. The van der Waals surface area contributed by atoms with Gasteiger partial charge in [-0.3, -0.25) is 19.6 Å². The van der Waals surface area contributed by atoms with Gasteiger partial charge in [0, 0.05) is 23.4 Å². The van der Waals surface area contributed by atoms with Gasteiger partial charge in [-0.1, -0.05) is 12.5 Å². The number of anilines is 1. The van der Waals surface area contributed by atoms with Crippen LogP contribution in [0, 0.1) is 10.1 Å². The monoisotopic (exact) mass is 542 g/mol. The van der Waals surface area contributed by atoms with Crippen LogP contribution in [0.3, 0.4) is 0 Å². The molecular formula is C24H20F6N4O4. The number of halogens is 6. The first-order valence-corrected chi connectivity index (χ1v) is 11.4. The summed E-state index contributed by atoms with van der Waals surface area (Å²) in [5, 5.41) is 17.4. The molecule has 3 aromatic rings. The van der Waals surface area contributed by atoms with Gasteiger partial charge in [0.2, 0.25) is 5.91 Å². The summed E-state index contributed by atoms with van der Waals surface area (Å²) in [7, 11) is 0. The number of fused-ring (bicyclic) bond motifs is 1. The molecule has 0 atom stereocenters. The summed E-state index contributed by atoms with van der Waals surface area (Å²) < 4.78 is 85.9. The Balaban J connectivity index is 1.58. The number of benzene rings is 2. The van der Waals surface area contributed by atoms with Crippen LogP contribution in [0.1, 0.15) is 41.8 Å². The van der Waals surface area contributed by atoms with E-state index in [0.717, 1.165) is 41.4 Å². The van der Waals surface area contributed by atoms with Gasteiger partial charge in [-0.2, -0.15) is 31.4 Å². The molecule has 8 nitrogen and oxygen atoms in total. The van der Waals surface area contributed by atoms with E-state index in [9.17, 15) is 41.3 Å². The highest BCUT2D eigenvalue weighted by Crippen LogP contribution is 2.36. The van der Waals surface area contributed by atoms with Crippen LogP contribution in [0.2, 0.25) is 0 Å².